The summed E-state index contributed by atoms with van der Waals surface area (Å²) in [6, 6.07) is 7.23. The fraction of sp³-hybridized carbons (Fsp3) is 0.632. The van der Waals surface area contributed by atoms with Gasteiger partial charge in [-0.05, 0) is 51.0 Å². The third-order valence-corrected chi connectivity index (χ3v) is 5.56. The van der Waals surface area contributed by atoms with E-state index in [9.17, 15) is 9.18 Å². The second-order valence-corrected chi connectivity index (χ2v) is 7.15. The van der Waals surface area contributed by atoms with Gasteiger partial charge in [0, 0.05) is 56.9 Å². The molecule has 132 valence electrons. The Bertz CT molecular complexity index is 544. The van der Waals surface area contributed by atoms with Gasteiger partial charge in [0.15, 0.2) is 0 Å². The van der Waals surface area contributed by atoms with Crippen molar-refractivity contribution in [2.75, 3.05) is 39.3 Å². The molecule has 0 bridgehead atoms. The van der Waals surface area contributed by atoms with Gasteiger partial charge in [0.1, 0.15) is 5.82 Å². The summed E-state index contributed by atoms with van der Waals surface area (Å²) in [5, 5.41) is 0. The molecule has 0 aliphatic carbocycles. The predicted molar refractivity (Wildman–Crippen MR) is 93.6 cm³/mol. The van der Waals surface area contributed by atoms with E-state index in [1.165, 1.54) is 25.0 Å². The molecule has 0 aromatic heterocycles. The number of amides is 1. The Balaban J connectivity index is 1.45. The molecule has 3 rings (SSSR count). The number of hydrogen-bond acceptors (Lipinski definition) is 3. The van der Waals surface area contributed by atoms with Crippen molar-refractivity contribution < 1.29 is 9.18 Å². The lowest BCUT2D eigenvalue weighted by Gasteiger charge is -2.36. The monoisotopic (exact) mass is 333 g/mol. The third-order valence-electron chi connectivity index (χ3n) is 5.56. The highest BCUT2D eigenvalue weighted by Crippen LogP contribution is 2.23. The number of benzene rings is 1. The molecule has 5 heteroatoms. The highest BCUT2D eigenvalue weighted by molar-refractivity contribution is 5.94. The standard InChI is InChI=1S/C19H28FN3O/c1-15-3-4-16(2)23(15)14-11-21-9-12-22(13-10-21)19(24)17-5-7-18(20)8-6-17/h5-8,15-16H,3-4,9-14H2,1-2H3. The molecule has 2 aliphatic heterocycles. The Labute approximate surface area is 144 Å². The number of likely N-dealkylation sites (tertiary alicyclic amines) is 1. The molecule has 2 heterocycles. The van der Waals surface area contributed by atoms with Gasteiger partial charge in [-0.25, -0.2) is 4.39 Å². The quantitative estimate of drug-likeness (QED) is 0.847. The molecule has 2 aliphatic rings. The van der Waals surface area contributed by atoms with Crippen LogP contribution in [0.2, 0.25) is 0 Å². The molecule has 2 atom stereocenters. The minimum atomic E-state index is -0.304. The lowest BCUT2D eigenvalue weighted by atomic mass is 10.1. The molecular weight excluding hydrogens is 305 g/mol. The predicted octanol–water partition coefficient (Wildman–Crippen LogP) is 2.46. The smallest absolute Gasteiger partial charge is 0.253 e. The number of carbonyl (C=O) groups is 1. The van der Waals surface area contributed by atoms with Crippen molar-refractivity contribution in [3.63, 3.8) is 0 Å². The van der Waals surface area contributed by atoms with E-state index in [4.69, 9.17) is 0 Å². The average Bonchev–Trinajstić information content (AvgIpc) is 2.92. The Morgan fingerprint density at radius 3 is 2.17 bits per heavy atom. The number of halogens is 1. The molecule has 4 nitrogen and oxygen atoms in total. The van der Waals surface area contributed by atoms with Gasteiger partial charge in [-0.15, -0.1) is 0 Å². The lowest BCUT2D eigenvalue weighted by Crippen LogP contribution is -2.50. The number of nitrogens with zero attached hydrogens (tertiary/aromatic N) is 3. The maximum atomic E-state index is 13.0. The van der Waals surface area contributed by atoms with Crippen molar-refractivity contribution in [3.05, 3.63) is 35.6 Å². The van der Waals surface area contributed by atoms with Crippen LogP contribution in [0.5, 0.6) is 0 Å². The summed E-state index contributed by atoms with van der Waals surface area (Å²) >= 11 is 0. The van der Waals surface area contributed by atoms with Crippen molar-refractivity contribution in [3.8, 4) is 0 Å². The van der Waals surface area contributed by atoms with Crippen LogP contribution >= 0.6 is 0 Å². The summed E-state index contributed by atoms with van der Waals surface area (Å²) in [6.07, 6.45) is 2.61. The molecule has 2 saturated heterocycles. The molecular formula is C19H28FN3O. The molecule has 24 heavy (non-hydrogen) atoms. The minimum Gasteiger partial charge on any atom is -0.336 e. The summed E-state index contributed by atoms with van der Waals surface area (Å²) in [7, 11) is 0. The highest BCUT2D eigenvalue weighted by atomic mass is 19.1. The van der Waals surface area contributed by atoms with E-state index in [1.54, 1.807) is 12.1 Å². The van der Waals surface area contributed by atoms with Crippen LogP contribution in [0.15, 0.2) is 24.3 Å². The van der Waals surface area contributed by atoms with Gasteiger partial charge in [-0.1, -0.05) is 0 Å². The molecule has 0 radical (unpaired) electrons. The van der Waals surface area contributed by atoms with E-state index in [-0.39, 0.29) is 11.7 Å². The molecule has 0 spiro atoms. The van der Waals surface area contributed by atoms with Gasteiger partial charge in [0.2, 0.25) is 0 Å². The average molecular weight is 333 g/mol. The van der Waals surface area contributed by atoms with Crippen LogP contribution in [-0.4, -0.2) is 72.0 Å². The topological polar surface area (TPSA) is 26.8 Å². The first-order valence-corrected chi connectivity index (χ1v) is 9.07. The molecule has 0 N–H and O–H groups in total. The molecule has 1 amide bonds. The second-order valence-electron chi connectivity index (χ2n) is 7.15. The minimum absolute atomic E-state index is 0.0106. The zero-order valence-electron chi connectivity index (χ0n) is 14.7. The molecule has 2 fully saturated rings. The van der Waals surface area contributed by atoms with Gasteiger partial charge >= 0.3 is 0 Å². The van der Waals surface area contributed by atoms with Crippen LogP contribution in [0.1, 0.15) is 37.0 Å². The Hall–Kier alpha value is -1.46. The summed E-state index contributed by atoms with van der Waals surface area (Å²) < 4.78 is 13.0. The van der Waals surface area contributed by atoms with Crippen molar-refractivity contribution in [1.29, 1.82) is 0 Å². The van der Waals surface area contributed by atoms with Gasteiger partial charge in [0.25, 0.3) is 5.91 Å². The Kier molecular flexibility index (Phi) is 5.51. The van der Waals surface area contributed by atoms with Crippen LogP contribution in [0.3, 0.4) is 0 Å². The summed E-state index contributed by atoms with van der Waals surface area (Å²) in [4.78, 5) is 19.4. The second kappa shape index (κ2) is 7.62. The largest absolute Gasteiger partial charge is 0.336 e. The number of piperazine rings is 1. The first-order valence-electron chi connectivity index (χ1n) is 9.07. The maximum Gasteiger partial charge on any atom is 0.253 e. The van der Waals surface area contributed by atoms with Crippen LogP contribution < -0.4 is 0 Å². The fourth-order valence-corrected chi connectivity index (χ4v) is 3.90. The maximum absolute atomic E-state index is 13.0. The van der Waals surface area contributed by atoms with E-state index in [2.05, 4.69) is 23.6 Å². The Morgan fingerprint density at radius 1 is 1.00 bits per heavy atom. The van der Waals surface area contributed by atoms with Crippen LogP contribution in [0, 0.1) is 5.82 Å². The molecule has 1 aromatic carbocycles. The first kappa shape index (κ1) is 17.4. The number of carbonyl (C=O) groups excluding carboxylic acids is 1. The van der Waals surface area contributed by atoms with Crippen molar-refractivity contribution >= 4 is 5.91 Å². The zero-order valence-corrected chi connectivity index (χ0v) is 14.7. The molecule has 0 saturated carbocycles. The summed E-state index contributed by atoms with van der Waals surface area (Å²) in [5.41, 5.74) is 0.574. The van der Waals surface area contributed by atoms with Crippen LogP contribution in [-0.2, 0) is 0 Å². The molecule has 2 unspecified atom stereocenters. The van der Waals surface area contributed by atoms with Gasteiger partial charge in [0.05, 0.1) is 0 Å². The summed E-state index contributed by atoms with van der Waals surface area (Å²) in [6.45, 7) is 10.2. The summed E-state index contributed by atoms with van der Waals surface area (Å²) in [5.74, 6) is -0.293. The number of rotatable bonds is 4. The Morgan fingerprint density at radius 2 is 1.58 bits per heavy atom. The van der Waals surface area contributed by atoms with Crippen molar-refractivity contribution in [2.45, 2.75) is 38.8 Å². The van der Waals surface area contributed by atoms with E-state index < -0.39 is 0 Å². The SMILES string of the molecule is CC1CCC(C)N1CCN1CCN(C(=O)c2ccc(F)cc2)CC1. The first-order chi connectivity index (χ1) is 11.5. The lowest BCUT2D eigenvalue weighted by molar-refractivity contribution is 0.0614. The fourth-order valence-electron chi connectivity index (χ4n) is 3.90. The van der Waals surface area contributed by atoms with E-state index in [1.807, 2.05) is 4.90 Å². The molecule has 1 aromatic rings. The number of hydrogen-bond donors (Lipinski definition) is 0. The van der Waals surface area contributed by atoms with E-state index in [0.29, 0.717) is 17.6 Å². The van der Waals surface area contributed by atoms with Crippen LogP contribution in [0.25, 0.3) is 0 Å². The normalized spacial score (nSPS) is 26.0. The zero-order chi connectivity index (χ0) is 17.1. The van der Waals surface area contributed by atoms with Crippen molar-refractivity contribution in [2.24, 2.45) is 0 Å². The van der Waals surface area contributed by atoms with Gasteiger partial charge in [-0.2, -0.15) is 0 Å². The van der Waals surface area contributed by atoms with E-state index in [0.717, 1.165) is 39.3 Å². The van der Waals surface area contributed by atoms with Gasteiger partial charge in [-0.3, -0.25) is 14.6 Å². The van der Waals surface area contributed by atoms with Gasteiger partial charge < -0.3 is 4.90 Å². The van der Waals surface area contributed by atoms with E-state index >= 15 is 0 Å². The highest BCUT2D eigenvalue weighted by Gasteiger charge is 2.28. The van der Waals surface area contributed by atoms with Crippen LogP contribution in [0.4, 0.5) is 4.39 Å². The third kappa shape index (κ3) is 3.95. The van der Waals surface area contributed by atoms with Crippen molar-refractivity contribution in [1.82, 2.24) is 14.7 Å².